The minimum absolute atomic E-state index is 0.436. The molecule has 2 heterocycles. The molecular formula is C8H7N3O2. The van der Waals surface area contributed by atoms with Crippen LogP contribution in [0.15, 0.2) is 33.7 Å². The second-order valence-electron chi connectivity index (χ2n) is 2.55. The summed E-state index contributed by atoms with van der Waals surface area (Å²) < 4.78 is 5.77. The summed E-state index contributed by atoms with van der Waals surface area (Å²) in [7, 11) is 1.59. The highest BCUT2D eigenvalue weighted by Gasteiger charge is 2.08. The third-order valence-electron chi connectivity index (χ3n) is 1.70. The van der Waals surface area contributed by atoms with Crippen LogP contribution in [0, 0.1) is 0 Å². The monoisotopic (exact) mass is 177 g/mol. The van der Waals surface area contributed by atoms with Crippen molar-refractivity contribution in [3.05, 3.63) is 34.9 Å². The summed E-state index contributed by atoms with van der Waals surface area (Å²) in [4.78, 5) is 15.0. The molecule has 0 N–H and O–H groups in total. The van der Waals surface area contributed by atoms with E-state index in [1.165, 1.54) is 4.57 Å². The van der Waals surface area contributed by atoms with E-state index in [0.717, 1.165) is 0 Å². The van der Waals surface area contributed by atoms with E-state index in [1.54, 1.807) is 25.4 Å². The lowest BCUT2D eigenvalue weighted by molar-refractivity contribution is 0.380. The first-order valence-corrected chi connectivity index (χ1v) is 3.73. The molecule has 0 unspecified atom stereocenters. The lowest BCUT2D eigenvalue weighted by Crippen LogP contribution is -2.10. The van der Waals surface area contributed by atoms with Crippen LogP contribution in [0.3, 0.4) is 0 Å². The molecule has 0 aromatic carbocycles. The number of hydrogen-bond donors (Lipinski definition) is 0. The minimum Gasteiger partial charge on any atom is -0.295 e. The van der Waals surface area contributed by atoms with Crippen molar-refractivity contribution >= 4 is 0 Å². The molecule has 0 aliphatic carbocycles. The molecule has 0 amide bonds. The maximum Gasteiger partial charge on any atom is 0.441 e. The van der Waals surface area contributed by atoms with E-state index in [9.17, 15) is 4.79 Å². The first-order chi connectivity index (χ1) is 6.29. The highest BCUT2D eigenvalue weighted by Crippen LogP contribution is 2.09. The molecule has 0 atom stereocenters. The van der Waals surface area contributed by atoms with Gasteiger partial charge < -0.3 is 0 Å². The summed E-state index contributed by atoms with van der Waals surface area (Å²) >= 11 is 0. The Morgan fingerprint density at radius 1 is 1.46 bits per heavy atom. The van der Waals surface area contributed by atoms with E-state index >= 15 is 0 Å². The van der Waals surface area contributed by atoms with Gasteiger partial charge in [0, 0.05) is 13.2 Å². The van der Waals surface area contributed by atoms with Gasteiger partial charge in [0.1, 0.15) is 5.69 Å². The van der Waals surface area contributed by atoms with Crippen molar-refractivity contribution in [1.82, 2.24) is 14.7 Å². The highest BCUT2D eigenvalue weighted by atomic mass is 16.5. The SMILES string of the molecule is Cn1c(-c2ccccn2)noc1=O. The topological polar surface area (TPSA) is 60.9 Å². The zero-order valence-electron chi connectivity index (χ0n) is 6.97. The van der Waals surface area contributed by atoms with Crippen LogP contribution < -0.4 is 5.76 Å². The Bertz CT molecular complexity index is 458. The summed E-state index contributed by atoms with van der Waals surface area (Å²) in [6.45, 7) is 0. The van der Waals surface area contributed by atoms with E-state index in [4.69, 9.17) is 0 Å². The third kappa shape index (κ3) is 1.24. The Labute approximate surface area is 73.6 Å². The fourth-order valence-electron chi connectivity index (χ4n) is 1.00. The van der Waals surface area contributed by atoms with Gasteiger partial charge in [0.2, 0.25) is 5.82 Å². The minimum atomic E-state index is -0.486. The summed E-state index contributed by atoms with van der Waals surface area (Å²) in [6, 6.07) is 5.38. The zero-order chi connectivity index (χ0) is 9.26. The molecule has 0 bridgehead atoms. The van der Waals surface area contributed by atoms with Crippen LogP contribution in [-0.4, -0.2) is 14.7 Å². The molecule has 0 radical (unpaired) electrons. The third-order valence-corrected chi connectivity index (χ3v) is 1.70. The number of hydrogen-bond acceptors (Lipinski definition) is 4. The van der Waals surface area contributed by atoms with E-state index in [0.29, 0.717) is 11.5 Å². The van der Waals surface area contributed by atoms with Gasteiger partial charge in [-0.15, -0.1) is 0 Å². The molecule has 0 aliphatic rings. The lowest BCUT2D eigenvalue weighted by Gasteiger charge is -1.94. The molecule has 66 valence electrons. The molecule has 0 saturated heterocycles. The van der Waals surface area contributed by atoms with Gasteiger partial charge in [-0.05, 0) is 12.1 Å². The molecule has 2 rings (SSSR count). The lowest BCUT2D eigenvalue weighted by atomic mass is 10.3. The van der Waals surface area contributed by atoms with E-state index in [-0.39, 0.29) is 0 Å². The first kappa shape index (κ1) is 7.72. The van der Waals surface area contributed by atoms with Crippen LogP contribution in [0.2, 0.25) is 0 Å². The molecule has 0 fully saturated rings. The highest BCUT2D eigenvalue weighted by molar-refractivity contribution is 5.47. The predicted molar refractivity (Wildman–Crippen MR) is 45.0 cm³/mol. The van der Waals surface area contributed by atoms with Gasteiger partial charge in [-0.3, -0.25) is 14.1 Å². The molecule has 5 nitrogen and oxygen atoms in total. The molecule has 0 saturated carbocycles. The normalized spacial score (nSPS) is 10.2. The smallest absolute Gasteiger partial charge is 0.295 e. The first-order valence-electron chi connectivity index (χ1n) is 3.73. The summed E-state index contributed by atoms with van der Waals surface area (Å²) in [5.74, 6) is -0.0498. The van der Waals surface area contributed by atoms with Gasteiger partial charge in [-0.1, -0.05) is 11.2 Å². The average Bonchev–Trinajstić information content (AvgIpc) is 2.49. The zero-order valence-corrected chi connectivity index (χ0v) is 6.97. The van der Waals surface area contributed by atoms with E-state index in [2.05, 4.69) is 14.7 Å². The molecule has 13 heavy (non-hydrogen) atoms. The summed E-state index contributed by atoms with van der Waals surface area (Å²) in [5.41, 5.74) is 0.621. The largest absolute Gasteiger partial charge is 0.441 e. The Morgan fingerprint density at radius 2 is 2.31 bits per heavy atom. The van der Waals surface area contributed by atoms with Crippen LogP contribution in [0.1, 0.15) is 0 Å². The molecule has 5 heteroatoms. The van der Waals surface area contributed by atoms with Crippen LogP contribution >= 0.6 is 0 Å². The van der Waals surface area contributed by atoms with Gasteiger partial charge in [0.05, 0.1) is 0 Å². The van der Waals surface area contributed by atoms with Crippen molar-refractivity contribution in [2.45, 2.75) is 0 Å². The molecule has 0 aliphatic heterocycles. The van der Waals surface area contributed by atoms with E-state index < -0.39 is 5.76 Å². The Kier molecular flexibility index (Phi) is 1.70. The van der Waals surface area contributed by atoms with Crippen molar-refractivity contribution in [1.29, 1.82) is 0 Å². The van der Waals surface area contributed by atoms with Crippen molar-refractivity contribution in [2.75, 3.05) is 0 Å². The van der Waals surface area contributed by atoms with Crippen LogP contribution in [0.4, 0.5) is 0 Å². The van der Waals surface area contributed by atoms with Crippen molar-refractivity contribution in [2.24, 2.45) is 7.05 Å². The van der Waals surface area contributed by atoms with Gasteiger partial charge in [0.15, 0.2) is 0 Å². The second-order valence-corrected chi connectivity index (χ2v) is 2.55. The van der Waals surface area contributed by atoms with E-state index in [1.807, 2.05) is 6.07 Å². The summed E-state index contributed by atoms with van der Waals surface area (Å²) in [5, 5.41) is 3.60. The predicted octanol–water partition coefficient (Wildman–Crippen LogP) is 0.435. The van der Waals surface area contributed by atoms with Crippen LogP contribution in [-0.2, 0) is 7.05 Å². The number of rotatable bonds is 1. The second kappa shape index (κ2) is 2.85. The Balaban J connectivity index is 2.60. The standard InChI is InChI=1S/C8H7N3O2/c1-11-7(10-13-8(11)12)6-4-2-3-5-9-6/h2-5H,1H3. The van der Waals surface area contributed by atoms with Crippen molar-refractivity contribution < 1.29 is 4.52 Å². The van der Waals surface area contributed by atoms with Gasteiger partial charge in [-0.2, -0.15) is 0 Å². The van der Waals surface area contributed by atoms with Gasteiger partial charge >= 0.3 is 5.76 Å². The van der Waals surface area contributed by atoms with Gasteiger partial charge in [-0.25, -0.2) is 4.79 Å². The molecule has 0 spiro atoms. The van der Waals surface area contributed by atoms with Crippen LogP contribution in [0.5, 0.6) is 0 Å². The maximum absolute atomic E-state index is 10.9. The molecular weight excluding hydrogens is 170 g/mol. The summed E-state index contributed by atoms with van der Waals surface area (Å²) in [6.07, 6.45) is 1.63. The maximum atomic E-state index is 10.9. The average molecular weight is 177 g/mol. The van der Waals surface area contributed by atoms with Crippen LogP contribution in [0.25, 0.3) is 11.5 Å². The number of aromatic nitrogens is 3. The van der Waals surface area contributed by atoms with Gasteiger partial charge in [0.25, 0.3) is 0 Å². The molecule has 2 aromatic heterocycles. The number of nitrogens with zero attached hydrogens (tertiary/aromatic N) is 3. The fraction of sp³-hybridized carbons (Fsp3) is 0.125. The quantitative estimate of drug-likeness (QED) is 0.634. The Morgan fingerprint density at radius 3 is 2.85 bits per heavy atom. The number of pyridine rings is 1. The molecule has 2 aromatic rings. The Hall–Kier alpha value is -1.91. The van der Waals surface area contributed by atoms with Crippen molar-refractivity contribution in [3.8, 4) is 11.5 Å². The fourth-order valence-corrected chi connectivity index (χ4v) is 1.00. The van der Waals surface area contributed by atoms with Crippen molar-refractivity contribution in [3.63, 3.8) is 0 Å².